The second-order valence-corrected chi connectivity index (χ2v) is 6.17. The van der Waals surface area contributed by atoms with Crippen LogP contribution >= 0.6 is 27.7 Å². The highest BCUT2D eigenvalue weighted by Gasteiger charge is 2.14. The zero-order valence-corrected chi connectivity index (χ0v) is 13.2. The van der Waals surface area contributed by atoms with Crippen molar-refractivity contribution in [3.63, 3.8) is 0 Å². The molecule has 0 aliphatic carbocycles. The molecular formula is C15H14BrNOS. The van der Waals surface area contributed by atoms with Gasteiger partial charge in [-0.2, -0.15) is 0 Å². The SMILES string of the molecule is CN(C)C(=O)c1ccccc1Sc1ccccc1Br. The van der Waals surface area contributed by atoms with Gasteiger partial charge in [0.2, 0.25) is 0 Å². The van der Waals surface area contributed by atoms with Crippen LogP contribution in [0.2, 0.25) is 0 Å². The molecule has 0 saturated carbocycles. The van der Waals surface area contributed by atoms with E-state index in [9.17, 15) is 4.79 Å². The van der Waals surface area contributed by atoms with Crippen LogP contribution in [0, 0.1) is 0 Å². The first-order valence-electron chi connectivity index (χ1n) is 5.82. The fourth-order valence-corrected chi connectivity index (χ4v) is 3.11. The number of halogens is 1. The van der Waals surface area contributed by atoms with Crippen LogP contribution in [-0.4, -0.2) is 24.9 Å². The molecule has 98 valence electrons. The van der Waals surface area contributed by atoms with Crippen LogP contribution in [0.1, 0.15) is 10.4 Å². The lowest BCUT2D eigenvalue weighted by atomic mass is 10.2. The van der Waals surface area contributed by atoms with Crippen molar-refractivity contribution in [2.24, 2.45) is 0 Å². The molecule has 2 aromatic carbocycles. The van der Waals surface area contributed by atoms with Gasteiger partial charge in [0.1, 0.15) is 0 Å². The largest absolute Gasteiger partial charge is 0.345 e. The summed E-state index contributed by atoms with van der Waals surface area (Å²) in [4.78, 5) is 15.8. The van der Waals surface area contributed by atoms with Gasteiger partial charge >= 0.3 is 0 Å². The molecular weight excluding hydrogens is 322 g/mol. The van der Waals surface area contributed by atoms with Gasteiger partial charge in [0.05, 0.1) is 5.56 Å². The monoisotopic (exact) mass is 335 g/mol. The summed E-state index contributed by atoms with van der Waals surface area (Å²) in [5.41, 5.74) is 0.730. The Morgan fingerprint density at radius 2 is 1.58 bits per heavy atom. The normalized spacial score (nSPS) is 10.3. The van der Waals surface area contributed by atoms with E-state index < -0.39 is 0 Å². The van der Waals surface area contributed by atoms with Gasteiger partial charge in [0, 0.05) is 28.4 Å². The van der Waals surface area contributed by atoms with Crippen molar-refractivity contribution < 1.29 is 4.79 Å². The first-order chi connectivity index (χ1) is 9.09. The van der Waals surface area contributed by atoms with Crippen LogP contribution in [0.5, 0.6) is 0 Å². The molecule has 1 amide bonds. The number of carbonyl (C=O) groups is 1. The maximum absolute atomic E-state index is 12.1. The average molecular weight is 336 g/mol. The molecule has 0 atom stereocenters. The van der Waals surface area contributed by atoms with Gasteiger partial charge < -0.3 is 4.90 Å². The van der Waals surface area contributed by atoms with E-state index in [1.54, 1.807) is 30.8 Å². The zero-order valence-electron chi connectivity index (χ0n) is 10.8. The maximum atomic E-state index is 12.1. The highest BCUT2D eigenvalue weighted by molar-refractivity contribution is 9.10. The van der Waals surface area contributed by atoms with Gasteiger partial charge in [-0.05, 0) is 40.2 Å². The summed E-state index contributed by atoms with van der Waals surface area (Å²) in [6.45, 7) is 0. The highest BCUT2D eigenvalue weighted by atomic mass is 79.9. The van der Waals surface area contributed by atoms with E-state index in [2.05, 4.69) is 15.9 Å². The number of carbonyl (C=O) groups excluding carboxylic acids is 1. The molecule has 2 rings (SSSR count). The Morgan fingerprint density at radius 3 is 2.21 bits per heavy atom. The van der Waals surface area contributed by atoms with E-state index in [1.807, 2.05) is 48.5 Å². The number of benzene rings is 2. The third-order valence-electron chi connectivity index (χ3n) is 2.58. The quantitative estimate of drug-likeness (QED) is 0.833. The molecule has 2 aromatic rings. The number of hydrogen-bond acceptors (Lipinski definition) is 2. The first kappa shape index (κ1) is 14.2. The molecule has 0 heterocycles. The molecule has 4 heteroatoms. The van der Waals surface area contributed by atoms with Gasteiger partial charge in [0.15, 0.2) is 0 Å². The highest BCUT2D eigenvalue weighted by Crippen LogP contribution is 2.35. The fourth-order valence-electron chi connectivity index (χ4n) is 1.62. The summed E-state index contributed by atoms with van der Waals surface area (Å²) in [6.07, 6.45) is 0. The molecule has 0 saturated heterocycles. The van der Waals surface area contributed by atoms with E-state index in [0.29, 0.717) is 0 Å². The Kier molecular flexibility index (Phi) is 4.66. The van der Waals surface area contributed by atoms with Crippen LogP contribution in [-0.2, 0) is 0 Å². The van der Waals surface area contributed by atoms with E-state index in [-0.39, 0.29) is 5.91 Å². The molecule has 0 aliphatic heterocycles. The van der Waals surface area contributed by atoms with Crippen LogP contribution < -0.4 is 0 Å². The van der Waals surface area contributed by atoms with Crippen molar-refractivity contribution >= 4 is 33.6 Å². The summed E-state index contributed by atoms with van der Waals surface area (Å²) >= 11 is 5.12. The second-order valence-electron chi connectivity index (χ2n) is 4.23. The molecule has 0 unspecified atom stereocenters. The van der Waals surface area contributed by atoms with Crippen molar-refractivity contribution in [1.29, 1.82) is 0 Å². The first-order valence-corrected chi connectivity index (χ1v) is 7.43. The minimum atomic E-state index is 0.0233. The predicted octanol–water partition coefficient (Wildman–Crippen LogP) is 4.30. The zero-order chi connectivity index (χ0) is 13.8. The van der Waals surface area contributed by atoms with Crippen molar-refractivity contribution in [2.75, 3.05) is 14.1 Å². The lowest BCUT2D eigenvalue weighted by Gasteiger charge is -2.14. The predicted molar refractivity (Wildman–Crippen MR) is 82.7 cm³/mol. The Morgan fingerprint density at radius 1 is 1.00 bits per heavy atom. The molecule has 0 spiro atoms. The Hall–Kier alpha value is -1.26. The number of rotatable bonds is 3. The number of amides is 1. The molecule has 0 N–H and O–H groups in total. The van der Waals surface area contributed by atoms with Gasteiger partial charge in [-0.15, -0.1) is 0 Å². The van der Waals surface area contributed by atoms with Crippen LogP contribution in [0.3, 0.4) is 0 Å². The maximum Gasteiger partial charge on any atom is 0.254 e. The third kappa shape index (κ3) is 3.39. The van der Waals surface area contributed by atoms with Gasteiger partial charge in [0.25, 0.3) is 5.91 Å². The molecule has 2 nitrogen and oxygen atoms in total. The average Bonchev–Trinajstić information content (AvgIpc) is 2.41. The molecule has 0 radical (unpaired) electrons. The topological polar surface area (TPSA) is 20.3 Å². The van der Waals surface area contributed by atoms with Gasteiger partial charge in [-0.3, -0.25) is 4.79 Å². The number of nitrogens with zero attached hydrogens (tertiary/aromatic N) is 1. The third-order valence-corrected chi connectivity index (χ3v) is 4.69. The Balaban J connectivity index is 2.36. The number of hydrogen-bond donors (Lipinski definition) is 0. The van der Waals surface area contributed by atoms with Crippen molar-refractivity contribution in [2.45, 2.75) is 9.79 Å². The van der Waals surface area contributed by atoms with Crippen LogP contribution in [0.4, 0.5) is 0 Å². The molecule has 0 bridgehead atoms. The Bertz CT molecular complexity index is 598. The van der Waals surface area contributed by atoms with Crippen molar-refractivity contribution in [1.82, 2.24) is 4.90 Å². The fraction of sp³-hybridized carbons (Fsp3) is 0.133. The van der Waals surface area contributed by atoms with Crippen molar-refractivity contribution in [3.8, 4) is 0 Å². The van der Waals surface area contributed by atoms with Crippen LogP contribution in [0.15, 0.2) is 62.8 Å². The van der Waals surface area contributed by atoms with E-state index in [0.717, 1.165) is 19.8 Å². The van der Waals surface area contributed by atoms with Crippen molar-refractivity contribution in [3.05, 3.63) is 58.6 Å². The minimum Gasteiger partial charge on any atom is -0.345 e. The lowest BCUT2D eigenvalue weighted by molar-refractivity contribution is 0.0824. The summed E-state index contributed by atoms with van der Waals surface area (Å²) < 4.78 is 1.03. The van der Waals surface area contributed by atoms with Gasteiger partial charge in [-0.1, -0.05) is 36.0 Å². The molecule has 19 heavy (non-hydrogen) atoms. The summed E-state index contributed by atoms with van der Waals surface area (Å²) in [6, 6.07) is 15.7. The molecule has 0 aliphatic rings. The van der Waals surface area contributed by atoms with E-state index in [4.69, 9.17) is 0 Å². The smallest absolute Gasteiger partial charge is 0.254 e. The lowest BCUT2D eigenvalue weighted by Crippen LogP contribution is -2.22. The van der Waals surface area contributed by atoms with E-state index in [1.165, 1.54) is 0 Å². The summed E-state index contributed by atoms with van der Waals surface area (Å²) in [7, 11) is 3.53. The molecule has 0 fully saturated rings. The van der Waals surface area contributed by atoms with Gasteiger partial charge in [-0.25, -0.2) is 0 Å². The summed E-state index contributed by atoms with van der Waals surface area (Å²) in [5.74, 6) is 0.0233. The minimum absolute atomic E-state index is 0.0233. The van der Waals surface area contributed by atoms with E-state index >= 15 is 0 Å². The Labute approximate surface area is 125 Å². The second kappa shape index (κ2) is 6.26. The van der Waals surface area contributed by atoms with Crippen LogP contribution in [0.25, 0.3) is 0 Å². The summed E-state index contributed by atoms with van der Waals surface area (Å²) in [5, 5.41) is 0. The standard InChI is InChI=1S/C15H14BrNOS/c1-17(2)15(18)11-7-3-5-9-13(11)19-14-10-6-4-8-12(14)16/h3-10H,1-2H3. The molecule has 0 aromatic heterocycles.